The van der Waals surface area contributed by atoms with E-state index in [0.29, 0.717) is 10.8 Å². The van der Waals surface area contributed by atoms with E-state index >= 15 is 0 Å². The van der Waals surface area contributed by atoms with Crippen LogP contribution in [0.2, 0.25) is 0 Å². The fourth-order valence-corrected chi connectivity index (χ4v) is 4.09. The topological polar surface area (TPSA) is 75.3 Å². The van der Waals surface area contributed by atoms with Crippen LogP contribution in [0.5, 0.6) is 0 Å². The van der Waals surface area contributed by atoms with E-state index in [0.717, 1.165) is 10.5 Å². The van der Waals surface area contributed by atoms with Crippen molar-refractivity contribution in [3.05, 3.63) is 59.7 Å². The number of amides is 1. The van der Waals surface area contributed by atoms with E-state index in [2.05, 4.69) is 23.9 Å². The summed E-state index contributed by atoms with van der Waals surface area (Å²) in [5.74, 6) is -0.222. The Bertz CT molecular complexity index is 830. The number of thioether (sulfide) groups is 1. The van der Waals surface area contributed by atoms with Gasteiger partial charge in [-0.1, -0.05) is 31.5 Å². The number of hydrogen-bond acceptors (Lipinski definition) is 4. The maximum Gasteiger partial charge on any atom is 0.251 e. The van der Waals surface area contributed by atoms with Gasteiger partial charge < -0.3 is 5.32 Å². The average Bonchev–Trinajstić information content (AvgIpc) is 2.59. The minimum absolute atomic E-state index is 0.128. The summed E-state index contributed by atoms with van der Waals surface area (Å²) in [6.07, 6.45) is 0. The molecule has 0 aliphatic rings. The standard InChI is InChI=1S/C19H24N2O3S2/c1-14(2)25-17-8-6-16(7-9-17)19(22)20-12-13-21-26(23,24)18-10-4-15(3)5-11-18/h4-11,14,21H,12-13H2,1-3H3,(H,20,22). The Balaban J connectivity index is 1.81. The highest BCUT2D eigenvalue weighted by Crippen LogP contribution is 2.22. The second-order valence-corrected chi connectivity index (χ2v) is 9.57. The molecule has 140 valence electrons. The van der Waals surface area contributed by atoms with Crippen molar-refractivity contribution in [3.63, 3.8) is 0 Å². The van der Waals surface area contributed by atoms with Gasteiger partial charge in [0.2, 0.25) is 10.0 Å². The summed E-state index contributed by atoms with van der Waals surface area (Å²) in [6, 6.07) is 14.0. The maximum absolute atomic E-state index is 12.2. The molecule has 0 spiro atoms. The fraction of sp³-hybridized carbons (Fsp3) is 0.316. The van der Waals surface area contributed by atoms with Crippen molar-refractivity contribution in [3.8, 4) is 0 Å². The van der Waals surface area contributed by atoms with Crippen LogP contribution in [0.1, 0.15) is 29.8 Å². The molecular formula is C19H24N2O3S2. The zero-order valence-electron chi connectivity index (χ0n) is 15.2. The first kappa shape index (κ1) is 20.5. The van der Waals surface area contributed by atoms with Crippen molar-refractivity contribution in [2.45, 2.75) is 35.8 Å². The third-order valence-corrected chi connectivity index (χ3v) is 6.01. The molecule has 2 aromatic rings. The third kappa shape index (κ3) is 6.16. The summed E-state index contributed by atoms with van der Waals surface area (Å²) in [4.78, 5) is 13.4. The van der Waals surface area contributed by atoms with Gasteiger partial charge in [-0.15, -0.1) is 11.8 Å². The van der Waals surface area contributed by atoms with E-state index in [1.165, 1.54) is 0 Å². The number of nitrogens with one attached hydrogen (secondary N) is 2. The Morgan fingerprint density at radius 2 is 1.62 bits per heavy atom. The zero-order chi connectivity index (χ0) is 19.2. The lowest BCUT2D eigenvalue weighted by atomic mass is 10.2. The van der Waals surface area contributed by atoms with Gasteiger partial charge in [0.15, 0.2) is 0 Å². The van der Waals surface area contributed by atoms with Crippen molar-refractivity contribution in [2.24, 2.45) is 0 Å². The van der Waals surface area contributed by atoms with Gasteiger partial charge in [-0.05, 0) is 43.3 Å². The third-order valence-electron chi connectivity index (χ3n) is 3.52. The van der Waals surface area contributed by atoms with Gasteiger partial charge in [0.25, 0.3) is 5.91 Å². The van der Waals surface area contributed by atoms with Crippen molar-refractivity contribution in [1.29, 1.82) is 0 Å². The van der Waals surface area contributed by atoms with Gasteiger partial charge in [0, 0.05) is 28.8 Å². The molecule has 0 heterocycles. The number of benzene rings is 2. The molecule has 1 amide bonds. The normalized spacial score (nSPS) is 11.5. The first-order valence-electron chi connectivity index (χ1n) is 8.39. The van der Waals surface area contributed by atoms with Crippen LogP contribution < -0.4 is 10.0 Å². The van der Waals surface area contributed by atoms with Crippen LogP contribution in [0.15, 0.2) is 58.3 Å². The first-order chi connectivity index (χ1) is 12.3. The van der Waals surface area contributed by atoms with Gasteiger partial charge in [-0.2, -0.15) is 0 Å². The molecule has 0 bridgehead atoms. The quantitative estimate of drug-likeness (QED) is 0.534. The lowest BCUT2D eigenvalue weighted by molar-refractivity contribution is 0.0954. The highest BCUT2D eigenvalue weighted by Gasteiger charge is 2.13. The summed E-state index contributed by atoms with van der Waals surface area (Å²) in [7, 11) is -3.56. The van der Waals surface area contributed by atoms with E-state index in [1.807, 2.05) is 19.1 Å². The molecule has 2 aromatic carbocycles. The molecule has 0 aliphatic heterocycles. The van der Waals surface area contributed by atoms with Crippen LogP contribution in [0.3, 0.4) is 0 Å². The summed E-state index contributed by atoms with van der Waals surface area (Å²) in [5, 5.41) is 3.20. The molecule has 0 aromatic heterocycles. The van der Waals surface area contributed by atoms with Gasteiger partial charge in [-0.25, -0.2) is 13.1 Å². The molecule has 2 rings (SSSR count). The number of aryl methyl sites for hydroxylation is 1. The average molecular weight is 393 g/mol. The molecule has 5 nitrogen and oxygen atoms in total. The minimum atomic E-state index is -3.56. The van der Waals surface area contributed by atoms with Crippen LogP contribution in [0, 0.1) is 6.92 Å². The predicted molar refractivity (Wildman–Crippen MR) is 106 cm³/mol. The van der Waals surface area contributed by atoms with Crippen LogP contribution in [0.4, 0.5) is 0 Å². The maximum atomic E-state index is 12.2. The SMILES string of the molecule is Cc1ccc(S(=O)(=O)NCCNC(=O)c2ccc(SC(C)C)cc2)cc1. The van der Waals surface area contributed by atoms with Crippen LogP contribution in [-0.2, 0) is 10.0 Å². The summed E-state index contributed by atoms with van der Waals surface area (Å²) >= 11 is 1.73. The van der Waals surface area contributed by atoms with E-state index < -0.39 is 10.0 Å². The minimum Gasteiger partial charge on any atom is -0.351 e. The molecule has 0 fully saturated rings. The molecule has 7 heteroatoms. The molecule has 0 saturated carbocycles. The Kier molecular flexibility index (Phi) is 7.25. The van der Waals surface area contributed by atoms with Crippen molar-refractivity contribution in [2.75, 3.05) is 13.1 Å². The zero-order valence-corrected chi connectivity index (χ0v) is 16.8. The van der Waals surface area contributed by atoms with Gasteiger partial charge >= 0.3 is 0 Å². The van der Waals surface area contributed by atoms with E-state index in [1.54, 1.807) is 48.2 Å². The number of carbonyl (C=O) groups excluding carboxylic acids is 1. The lowest BCUT2D eigenvalue weighted by Gasteiger charge is -2.09. The summed E-state index contributed by atoms with van der Waals surface area (Å²) in [6.45, 7) is 6.47. The Labute approximate surface area is 159 Å². The molecule has 0 radical (unpaired) electrons. The van der Waals surface area contributed by atoms with Crippen molar-refractivity contribution < 1.29 is 13.2 Å². The largest absolute Gasteiger partial charge is 0.351 e. The van der Waals surface area contributed by atoms with Crippen LogP contribution >= 0.6 is 11.8 Å². The molecular weight excluding hydrogens is 368 g/mol. The number of rotatable bonds is 8. The smallest absolute Gasteiger partial charge is 0.251 e. The van der Waals surface area contributed by atoms with Gasteiger partial charge in [-0.3, -0.25) is 4.79 Å². The van der Waals surface area contributed by atoms with E-state index in [4.69, 9.17) is 0 Å². The highest BCUT2D eigenvalue weighted by atomic mass is 32.2. The van der Waals surface area contributed by atoms with E-state index in [-0.39, 0.29) is 23.9 Å². The van der Waals surface area contributed by atoms with Crippen LogP contribution in [0.25, 0.3) is 0 Å². The van der Waals surface area contributed by atoms with Gasteiger partial charge in [0.05, 0.1) is 4.90 Å². The number of sulfonamides is 1. The fourth-order valence-electron chi connectivity index (χ4n) is 2.22. The van der Waals surface area contributed by atoms with Crippen LogP contribution in [-0.4, -0.2) is 32.7 Å². The summed E-state index contributed by atoms with van der Waals surface area (Å²) < 4.78 is 26.8. The Hall–Kier alpha value is -1.83. The highest BCUT2D eigenvalue weighted by molar-refractivity contribution is 7.99. The monoisotopic (exact) mass is 392 g/mol. The van der Waals surface area contributed by atoms with E-state index in [9.17, 15) is 13.2 Å². The lowest BCUT2D eigenvalue weighted by Crippen LogP contribution is -2.34. The Morgan fingerprint density at radius 1 is 1.00 bits per heavy atom. The predicted octanol–water partition coefficient (Wildman–Crippen LogP) is 3.20. The van der Waals surface area contributed by atoms with Crippen molar-refractivity contribution >= 4 is 27.7 Å². The second kappa shape index (κ2) is 9.21. The molecule has 2 N–H and O–H groups in total. The van der Waals surface area contributed by atoms with Crippen molar-refractivity contribution in [1.82, 2.24) is 10.0 Å². The Morgan fingerprint density at radius 3 is 2.19 bits per heavy atom. The number of carbonyl (C=O) groups is 1. The van der Waals surface area contributed by atoms with Gasteiger partial charge in [0.1, 0.15) is 0 Å². The summed E-state index contributed by atoms with van der Waals surface area (Å²) in [5.41, 5.74) is 1.55. The molecule has 26 heavy (non-hydrogen) atoms. The molecule has 0 aliphatic carbocycles. The molecule has 0 atom stereocenters. The second-order valence-electron chi connectivity index (χ2n) is 6.16. The molecule has 0 unspecified atom stereocenters. The number of hydrogen-bond donors (Lipinski definition) is 2. The molecule has 0 saturated heterocycles. The first-order valence-corrected chi connectivity index (χ1v) is 10.8.